The van der Waals surface area contributed by atoms with E-state index in [-0.39, 0.29) is 5.97 Å². The summed E-state index contributed by atoms with van der Waals surface area (Å²) in [6.07, 6.45) is 0.994. The lowest BCUT2D eigenvalue weighted by molar-refractivity contribution is -0.142. The van der Waals surface area contributed by atoms with Crippen LogP contribution in [0.4, 0.5) is 0 Å². The Hall–Kier alpha value is -1.07. The SMILES string of the molecule is CCCN(CC(=O)OC)Cc1ccc(OC)c(Br)c1. The normalized spacial score (nSPS) is 10.6. The number of hydrogen-bond donors (Lipinski definition) is 0. The summed E-state index contributed by atoms with van der Waals surface area (Å²) in [7, 11) is 3.05. The number of rotatable bonds is 7. The fraction of sp³-hybridized carbons (Fsp3) is 0.500. The van der Waals surface area contributed by atoms with E-state index in [4.69, 9.17) is 9.47 Å². The molecule has 1 aromatic carbocycles. The average molecular weight is 330 g/mol. The highest BCUT2D eigenvalue weighted by molar-refractivity contribution is 9.10. The van der Waals surface area contributed by atoms with Gasteiger partial charge in [0, 0.05) is 6.54 Å². The maximum absolute atomic E-state index is 11.4. The molecular weight excluding hydrogens is 310 g/mol. The van der Waals surface area contributed by atoms with Crippen molar-refractivity contribution in [2.24, 2.45) is 0 Å². The highest BCUT2D eigenvalue weighted by Crippen LogP contribution is 2.26. The van der Waals surface area contributed by atoms with Gasteiger partial charge in [0.2, 0.25) is 0 Å². The lowest BCUT2D eigenvalue weighted by atomic mass is 10.2. The molecule has 1 rings (SSSR count). The summed E-state index contributed by atoms with van der Waals surface area (Å²) in [6.45, 7) is 3.98. The average Bonchev–Trinajstić information content (AvgIpc) is 2.39. The highest BCUT2D eigenvalue weighted by atomic mass is 79.9. The smallest absolute Gasteiger partial charge is 0.319 e. The minimum absolute atomic E-state index is 0.207. The van der Waals surface area contributed by atoms with Crippen LogP contribution in [0.1, 0.15) is 18.9 Å². The number of ether oxygens (including phenoxy) is 2. The third-order valence-electron chi connectivity index (χ3n) is 2.74. The first kappa shape index (κ1) is 16.0. The molecule has 0 aliphatic carbocycles. The Morgan fingerprint density at radius 3 is 2.63 bits per heavy atom. The Balaban J connectivity index is 2.72. The standard InChI is InChI=1S/C14H20BrNO3/c1-4-7-16(10-14(17)19-3)9-11-5-6-13(18-2)12(15)8-11/h5-6,8H,4,7,9-10H2,1-3H3. The van der Waals surface area contributed by atoms with Gasteiger partial charge in [-0.05, 0) is 46.6 Å². The maximum Gasteiger partial charge on any atom is 0.319 e. The quantitative estimate of drug-likeness (QED) is 0.721. The van der Waals surface area contributed by atoms with Crippen LogP contribution in [0.15, 0.2) is 22.7 Å². The number of nitrogens with zero attached hydrogens (tertiary/aromatic N) is 1. The molecule has 0 heterocycles. The lowest BCUT2D eigenvalue weighted by Crippen LogP contribution is -2.30. The monoisotopic (exact) mass is 329 g/mol. The van der Waals surface area contributed by atoms with Crippen LogP contribution in [0.25, 0.3) is 0 Å². The molecule has 0 N–H and O–H groups in total. The molecule has 0 spiro atoms. The maximum atomic E-state index is 11.4. The molecule has 106 valence electrons. The lowest BCUT2D eigenvalue weighted by Gasteiger charge is -2.20. The molecule has 1 aromatic rings. The van der Waals surface area contributed by atoms with Crippen LogP contribution in [-0.4, -0.2) is 38.2 Å². The summed E-state index contributed by atoms with van der Waals surface area (Å²) < 4.78 is 10.8. The third-order valence-corrected chi connectivity index (χ3v) is 3.36. The van der Waals surface area contributed by atoms with Crippen molar-refractivity contribution in [3.05, 3.63) is 28.2 Å². The van der Waals surface area contributed by atoms with Gasteiger partial charge in [0.05, 0.1) is 25.2 Å². The molecule has 0 atom stereocenters. The second-order valence-corrected chi connectivity index (χ2v) is 5.11. The number of hydrogen-bond acceptors (Lipinski definition) is 4. The number of benzene rings is 1. The molecule has 19 heavy (non-hydrogen) atoms. The number of methoxy groups -OCH3 is 2. The van der Waals surface area contributed by atoms with E-state index in [0.717, 1.165) is 28.8 Å². The summed E-state index contributed by atoms with van der Waals surface area (Å²) in [5, 5.41) is 0. The van der Waals surface area contributed by atoms with Gasteiger partial charge in [-0.25, -0.2) is 0 Å². The summed E-state index contributed by atoms with van der Waals surface area (Å²) in [4.78, 5) is 13.4. The van der Waals surface area contributed by atoms with Crippen molar-refractivity contribution in [1.82, 2.24) is 4.90 Å². The minimum Gasteiger partial charge on any atom is -0.496 e. The van der Waals surface area contributed by atoms with Gasteiger partial charge >= 0.3 is 5.97 Å². The first-order valence-electron chi connectivity index (χ1n) is 6.22. The Morgan fingerprint density at radius 1 is 1.37 bits per heavy atom. The Kier molecular flexibility index (Phi) is 6.87. The largest absolute Gasteiger partial charge is 0.496 e. The van der Waals surface area contributed by atoms with E-state index in [0.29, 0.717) is 13.1 Å². The van der Waals surface area contributed by atoms with Crippen molar-refractivity contribution in [3.63, 3.8) is 0 Å². The third kappa shape index (κ3) is 5.20. The van der Waals surface area contributed by atoms with Crippen LogP contribution in [0.3, 0.4) is 0 Å². The van der Waals surface area contributed by atoms with Crippen molar-refractivity contribution < 1.29 is 14.3 Å². The van der Waals surface area contributed by atoms with Crippen LogP contribution in [0.2, 0.25) is 0 Å². The topological polar surface area (TPSA) is 38.8 Å². The van der Waals surface area contributed by atoms with Crippen LogP contribution in [0, 0.1) is 0 Å². The predicted octanol–water partition coefficient (Wildman–Crippen LogP) is 2.84. The van der Waals surface area contributed by atoms with E-state index in [1.807, 2.05) is 18.2 Å². The zero-order valence-corrected chi connectivity index (χ0v) is 13.2. The fourth-order valence-electron chi connectivity index (χ4n) is 1.84. The second-order valence-electron chi connectivity index (χ2n) is 4.26. The molecule has 0 amide bonds. The molecule has 0 saturated heterocycles. The number of esters is 1. The molecule has 0 aliphatic rings. The summed E-state index contributed by atoms with van der Waals surface area (Å²) in [6, 6.07) is 5.93. The molecule has 0 radical (unpaired) electrons. The van der Waals surface area contributed by atoms with Gasteiger partial charge in [0.25, 0.3) is 0 Å². The summed E-state index contributed by atoms with van der Waals surface area (Å²) in [5.41, 5.74) is 1.13. The van der Waals surface area contributed by atoms with Crippen LogP contribution < -0.4 is 4.74 Å². The molecule has 0 aromatic heterocycles. The van der Waals surface area contributed by atoms with Gasteiger partial charge in [-0.3, -0.25) is 9.69 Å². The van der Waals surface area contributed by atoms with E-state index < -0.39 is 0 Å². The number of halogens is 1. The molecule has 0 aliphatic heterocycles. The van der Waals surface area contributed by atoms with E-state index in [1.165, 1.54) is 7.11 Å². The van der Waals surface area contributed by atoms with E-state index in [9.17, 15) is 4.79 Å². The molecule has 5 heteroatoms. The second kappa shape index (κ2) is 8.17. The number of carbonyl (C=O) groups excluding carboxylic acids is 1. The van der Waals surface area contributed by atoms with Gasteiger partial charge in [0.1, 0.15) is 5.75 Å². The summed E-state index contributed by atoms with van der Waals surface area (Å²) >= 11 is 3.47. The molecular formula is C14H20BrNO3. The molecule has 4 nitrogen and oxygen atoms in total. The Bertz CT molecular complexity index is 423. The molecule has 0 unspecified atom stereocenters. The van der Waals surface area contributed by atoms with E-state index in [1.54, 1.807) is 7.11 Å². The first-order chi connectivity index (χ1) is 9.10. The minimum atomic E-state index is -0.207. The van der Waals surface area contributed by atoms with Crippen molar-refractivity contribution in [2.75, 3.05) is 27.3 Å². The molecule has 0 bridgehead atoms. The first-order valence-corrected chi connectivity index (χ1v) is 7.01. The van der Waals surface area contributed by atoms with Gasteiger partial charge in [-0.1, -0.05) is 13.0 Å². The predicted molar refractivity (Wildman–Crippen MR) is 78.3 cm³/mol. The highest BCUT2D eigenvalue weighted by Gasteiger charge is 2.11. The zero-order chi connectivity index (χ0) is 14.3. The van der Waals surface area contributed by atoms with Crippen LogP contribution in [-0.2, 0) is 16.1 Å². The van der Waals surface area contributed by atoms with E-state index >= 15 is 0 Å². The molecule has 0 saturated carbocycles. The van der Waals surface area contributed by atoms with Gasteiger partial charge in [-0.2, -0.15) is 0 Å². The van der Waals surface area contributed by atoms with Gasteiger partial charge in [-0.15, -0.1) is 0 Å². The number of carbonyl (C=O) groups is 1. The van der Waals surface area contributed by atoms with Crippen LogP contribution >= 0.6 is 15.9 Å². The van der Waals surface area contributed by atoms with Crippen molar-refractivity contribution in [1.29, 1.82) is 0 Å². The van der Waals surface area contributed by atoms with Crippen LogP contribution in [0.5, 0.6) is 5.75 Å². The zero-order valence-electron chi connectivity index (χ0n) is 11.6. The van der Waals surface area contributed by atoms with Crippen molar-refractivity contribution in [3.8, 4) is 5.75 Å². The fourth-order valence-corrected chi connectivity index (χ4v) is 2.43. The molecule has 0 fully saturated rings. The van der Waals surface area contributed by atoms with Gasteiger partial charge in [0.15, 0.2) is 0 Å². The van der Waals surface area contributed by atoms with Crippen molar-refractivity contribution >= 4 is 21.9 Å². The Morgan fingerprint density at radius 2 is 2.11 bits per heavy atom. The van der Waals surface area contributed by atoms with Gasteiger partial charge < -0.3 is 9.47 Å². The summed E-state index contributed by atoms with van der Waals surface area (Å²) in [5.74, 6) is 0.597. The van der Waals surface area contributed by atoms with E-state index in [2.05, 4.69) is 27.8 Å². The Labute approximate surface area is 122 Å². The van der Waals surface area contributed by atoms with Crippen molar-refractivity contribution in [2.45, 2.75) is 19.9 Å².